The van der Waals surface area contributed by atoms with Gasteiger partial charge in [0.15, 0.2) is 0 Å². The predicted octanol–water partition coefficient (Wildman–Crippen LogP) is 3.70. The lowest BCUT2D eigenvalue weighted by atomic mass is 10.1. The standard InChI is InChI=1S/C17H17N3O4/c1-12-4-3-5-13(10-12)8-9-18-17(21)19-15-7-6-14(20(22)23)11-16(15)24-2/h3-11H,1-2H3,(H2,18,19,21)/b9-8+. The molecule has 2 rings (SSSR count). The van der Waals surface area contributed by atoms with Crippen molar-refractivity contribution in [2.75, 3.05) is 12.4 Å². The Bertz CT molecular complexity index is 787. The van der Waals surface area contributed by atoms with Gasteiger partial charge in [-0.25, -0.2) is 4.79 Å². The number of aryl methyl sites for hydroxylation is 1. The summed E-state index contributed by atoms with van der Waals surface area (Å²) in [5.74, 6) is 0.210. The maximum Gasteiger partial charge on any atom is 0.323 e. The van der Waals surface area contributed by atoms with Crippen LogP contribution in [0.5, 0.6) is 5.75 Å². The third kappa shape index (κ3) is 4.57. The van der Waals surface area contributed by atoms with Crippen LogP contribution in [0.25, 0.3) is 6.08 Å². The van der Waals surface area contributed by atoms with E-state index in [1.54, 1.807) is 6.08 Å². The fourth-order valence-corrected chi connectivity index (χ4v) is 2.04. The van der Waals surface area contributed by atoms with Crippen LogP contribution in [-0.4, -0.2) is 18.1 Å². The summed E-state index contributed by atoms with van der Waals surface area (Å²) >= 11 is 0. The molecule has 2 aromatic carbocycles. The lowest BCUT2D eigenvalue weighted by molar-refractivity contribution is -0.384. The molecule has 0 saturated carbocycles. The highest BCUT2D eigenvalue weighted by Crippen LogP contribution is 2.28. The number of nitrogens with one attached hydrogen (secondary N) is 2. The van der Waals surface area contributed by atoms with Crippen molar-refractivity contribution >= 4 is 23.5 Å². The van der Waals surface area contributed by atoms with Gasteiger partial charge >= 0.3 is 6.03 Å². The van der Waals surface area contributed by atoms with E-state index in [-0.39, 0.29) is 11.4 Å². The quantitative estimate of drug-likeness (QED) is 0.646. The van der Waals surface area contributed by atoms with Gasteiger partial charge in [0.1, 0.15) is 5.75 Å². The highest BCUT2D eigenvalue weighted by atomic mass is 16.6. The highest BCUT2D eigenvalue weighted by Gasteiger charge is 2.12. The van der Waals surface area contributed by atoms with Crippen LogP contribution in [-0.2, 0) is 0 Å². The zero-order valence-corrected chi connectivity index (χ0v) is 13.3. The minimum absolute atomic E-state index is 0.114. The molecule has 7 heteroatoms. The number of non-ortho nitro benzene ring substituents is 1. The molecule has 7 nitrogen and oxygen atoms in total. The second-order valence-electron chi connectivity index (χ2n) is 4.99. The number of ether oxygens (including phenoxy) is 1. The molecule has 0 fully saturated rings. The molecule has 0 aliphatic carbocycles. The van der Waals surface area contributed by atoms with E-state index in [1.807, 2.05) is 31.2 Å². The maximum absolute atomic E-state index is 11.9. The van der Waals surface area contributed by atoms with Crippen molar-refractivity contribution in [3.8, 4) is 5.75 Å². The topological polar surface area (TPSA) is 93.5 Å². The summed E-state index contributed by atoms with van der Waals surface area (Å²) in [4.78, 5) is 22.1. The van der Waals surface area contributed by atoms with Crippen molar-refractivity contribution < 1.29 is 14.5 Å². The van der Waals surface area contributed by atoms with Gasteiger partial charge in [0, 0.05) is 12.3 Å². The number of nitrogens with zero attached hydrogens (tertiary/aromatic N) is 1. The molecule has 0 heterocycles. The van der Waals surface area contributed by atoms with Crippen molar-refractivity contribution in [3.63, 3.8) is 0 Å². The SMILES string of the molecule is COc1cc([N+](=O)[O-])ccc1NC(=O)N/C=C/c1cccc(C)c1. The number of carbonyl (C=O) groups excluding carboxylic acids is 1. The van der Waals surface area contributed by atoms with Gasteiger partial charge in [0.25, 0.3) is 5.69 Å². The van der Waals surface area contributed by atoms with E-state index >= 15 is 0 Å². The molecule has 0 bridgehead atoms. The van der Waals surface area contributed by atoms with Gasteiger partial charge in [-0.1, -0.05) is 29.8 Å². The van der Waals surface area contributed by atoms with Crippen LogP contribution < -0.4 is 15.4 Å². The molecule has 0 unspecified atom stereocenters. The lowest BCUT2D eigenvalue weighted by Crippen LogP contribution is -2.24. The number of urea groups is 1. The van der Waals surface area contributed by atoms with Crippen LogP contribution in [0, 0.1) is 17.0 Å². The molecule has 0 atom stereocenters. The monoisotopic (exact) mass is 327 g/mol. The smallest absolute Gasteiger partial charge is 0.323 e. The molecular weight excluding hydrogens is 310 g/mol. The van der Waals surface area contributed by atoms with Crippen LogP contribution in [0.3, 0.4) is 0 Å². The first-order chi connectivity index (χ1) is 11.5. The molecular formula is C17H17N3O4. The van der Waals surface area contributed by atoms with Crippen LogP contribution in [0.15, 0.2) is 48.7 Å². The Morgan fingerprint density at radius 1 is 1.25 bits per heavy atom. The Kier molecular flexibility index (Phi) is 5.51. The highest BCUT2D eigenvalue weighted by molar-refractivity contribution is 5.92. The summed E-state index contributed by atoms with van der Waals surface area (Å²) in [6, 6.07) is 11.3. The van der Waals surface area contributed by atoms with Crippen LogP contribution in [0.4, 0.5) is 16.2 Å². The van der Waals surface area contributed by atoms with E-state index in [0.29, 0.717) is 5.69 Å². The minimum atomic E-state index is -0.531. The van der Waals surface area contributed by atoms with Crippen molar-refractivity contribution in [1.82, 2.24) is 5.32 Å². The molecule has 2 aromatic rings. The Morgan fingerprint density at radius 2 is 2.04 bits per heavy atom. The average molecular weight is 327 g/mol. The minimum Gasteiger partial charge on any atom is -0.494 e. The first kappa shape index (κ1) is 17.0. The largest absolute Gasteiger partial charge is 0.494 e. The van der Waals surface area contributed by atoms with E-state index in [4.69, 9.17) is 4.74 Å². The normalized spacial score (nSPS) is 10.4. The lowest BCUT2D eigenvalue weighted by Gasteiger charge is -2.09. The maximum atomic E-state index is 11.9. The third-order valence-electron chi connectivity index (χ3n) is 3.18. The summed E-state index contributed by atoms with van der Waals surface area (Å²) in [5.41, 5.74) is 2.31. The summed E-state index contributed by atoms with van der Waals surface area (Å²) in [6.45, 7) is 1.98. The van der Waals surface area contributed by atoms with Gasteiger partial charge in [-0.05, 0) is 24.6 Å². The number of benzene rings is 2. The number of anilines is 1. The van der Waals surface area contributed by atoms with Gasteiger partial charge in [-0.3, -0.25) is 10.1 Å². The zero-order chi connectivity index (χ0) is 17.5. The number of amides is 2. The van der Waals surface area contributed by atoms with Crippen LogP contribution in [0.2, 0.25) is 0 Å². The molecule has 24 heavy (non-hydrogen) atoms. The summed E-state index contributed by atoms with van der Waals surface area (Å²) in [6.07, 6.45) is 3.28. The van der Waals surface area contributed by atoms with E-state index < -0.39 is 11.0 Å². The molecule has 0 aromatic heterocycles. The van der Waals surface area contributed by atoms with Crippen molar-refractivity contribution in [1.29, 1.82) is 0 Å². The Morgan fingerprint density at radius 3 is 2.71 bits per heavy atom. The number of carbonyl (C=O) groups is 1. The number of nitro groups is 1. The summed E-state index contributed by atoms with van der Waals surface area (Å²) < 4.78 is 5.06. The van der Waals surface area contributed by atoms with Crippen molar-refractivity contribution in [3.05, 3.63) is 69.9 Å². The van der Waals surface area contributed by atoms with Crippen molar-refractivity contribution in [2.24, 2.45) is 0 Å². The van der Waals surface area contributed by atoms with E-state index in [1.165, 1.54) is 31.5 Å². The fraction of sp³-hybridized carbons (Fsp3) is 0.118. The number of methoxy groups -OCH3 is 1. The Labute approximate surface area is 139 Å². The molecule has 124 valence electrons. The Balaban J connectivity index is 2.00. The molecule has 2 amide bonds. The number of nitro benzene ring substituents is 1. The van der Waals surface area contributed by atoms with Gasteiger partial charge in [-0.2, -0.15) is 0 Å². The molecule has 0 radical (unpaired) electrons. The van der Waals surface area contributed by atoms with Gasteiger partial charge in [-0.15, -0.1) is 0 Å². The average Bonchev–Trinajstić information content (AvgIpc) is 2.55. The van der Waals surface area contributed by atoms with Gasteiger partial charge < -0.3 is 15.4 Å². The van der Waals surface area contributed by atoms with Gasteiger partial charge in [0.2, 0.25) is 0 Å². The van der Waals surface area contributed by atoms with E-state index in [9.17, 15) is 14.9 Å². The third-order valence-corrected chi connectivity index (χ3v) is 3.18. The summed E-state index contributed by atoms with van der Waals surface area (Å²) in [5, 5.41) is 15.9. The number of hydrogen-bond donors (Lipinski definition) is 2. The predicted molar refractivity (Wildman–Crippen MR) is 92.0 cm³/mol. The van der Waals surface area contributed by atoms with Crippen LogP contribution in [0.1, 0.15) is 11.1 Å². The van der Waals surface area contributed by atoms with Crippen molar-refractivity contribution in [2.45, 2.75) is 6.92 Å². The van der Waals surface area contributed by atoms with Crippen LogP contribution >= 0.6 is 0 Å². The van der Waals surface area contributed by atoms with E-state index in [2.05, 4.69) is 10.6 Å². The zero-order valence-electron chi connectivity index (χ0n) is 13.3. The van der Waals surface area contributed by atoms with Gasteiger partial charge in [0.05, 0.1) is 23.8 Å². The molecule has 0 spiro atoms. The first-order valence-corrected chi connectivity index (χ1v) is 7.13. The number of rotatable bonds is 5. The number of hydrogen-bond acceptors (Lipinski definition) is 4. The Hall–Kier alpha value is -3.35. The second kappa shape index (κ2) is 7.77. The fourth-order valence-electron chi connectivity index (χ4n) is 2.04. The molecule has 0 aliphatic rings. The molecule has 0 saturated heterocycles. The first-order valence-electron chi connectivity index (χ1n) is 7.13. The molecule has 2 N–H and O–H groups in total. The molecule has 0 aliphatic heterocycles. The van der Waals surface area contributed by atoms with E-state index in [0.717, 1.165) is 11.1 Å². The second-order valence-corrected chi connectivity index (χ2v) is 4.99. The summed E-state index contributed by atoms with van der Waals surface area (Å²) in [7, 11) is 1.37.